The van der Waals surface area contributed by atoms with Crippen molar-refractivity contribution in [2.45, 2.75) is 56.4 Å². The molecule has 30 heavy (non-hydrogen) atoms. The van der Waals surface area contributed by atoms with Crippen LogP contribution in [0.25, 0.3) is 0 Å². The largest absolute Gasteiger partial charge is 0.480 e. The summed E-state index contributed by atoms with van der Waals surface area (Å²) in [7, 11) is 0. The lowest BCUT2D eigenvalue weighted by Gasteiger charge is -2.57. The number of benzene rings is 2. The fourth-order valence-electron chi connectivity index (χ4n) is 6.73. The number of hydrogen-bond acceptors (Lipinski definition) is 2. The number of carboxylic acids is 1. The van der Waals surface area contributed by atoms with Crippen LogP contribution in [0, 0.1) is 17.8 Å². The standard InChI is InChI=1S/C26H29NO3/c28-24(27-23(25(29)30)13-17-4-2-1-3-5-17)21-6-8-22(9-7-21)26-14-18-10-19(15-26)12-20(11-18)16-26/h1-9,18-20,23H,10-16H2,(H,27,28)(H,29,30). The van der Waals surface area contributed by atoms with Crippen molar-refractivity contribution < 1.29 is 14.7 Å². The molecule has 2 aromatic carbocycles. The lowest BCUT2D eigenvalue weighted by molar-refractivity contribution is -0.139. The zero-order valence-electron chi connectivity index (χ0n) is 17.2. The maximum atomic E-state index is 12.7. The van der Waals surface area contributed by atoms with E-state index in [1.54, 1.807) is 0 Å². The van der Waals surface area contributed by atoms with Crippen LogP contribution in [0.3, 0.4) is 0 Å². The molecule has 0 heterocycles. The van der Waals surface area contributed by atoms with Gasteiger partial charge in [0, 0.05) is 12.0 Å². The Morgan fingerprint density at radius 3 is 2.00 bits per heavy atom. The Bertz CT molecular complexity index is 899. The molecule has 6 rings (SSSR count). The molecule has 0 aromatic heterocycles. The van der Waals surface area contributed by atoms with Crippen LogP contribution in [0.1, 0.15) is 60.0 Å². The second kappa shape index (κ2) is 7.57. The fourth-order valence-corrected chi connectivity index (χ4v) is 6.73. The summed E-state index contributed by atoms with van der Waals surface area (Å²) in [5.74, 6) is 1.31. The SMILES string of the molecule is O=C(NC(Cc1ccccc1)C(=O)O)c1ccc(C23CC4CC(CC(C4)C2)C3)cc1. The molecule has 1 unspecified atom stereocenters. The summed E-state index contributed by atoms with van der Waals surface area (Å²) >= 11 is 0. The van der Waals surface area contributed by atoms with Gasteiger partial charge in [-0.3, -0.25) is 4.79 Å². The Morgan fingerprint density at radius 1 is 0.900 bits per heavy atom. The average Bonchev–Trinajstić information content (AvgIpc) is 2.73. The monoisotopic (exact) mass is 403 g/mol. The van der Waals surface area contributed by atoms with Gasteiger partial charge in [0.2, 0.25) is 0 Å². The zero-order valence-corrected chi connectivity index (χ0v) is 17.2. The van der Waals surface area contributed by atoms with Crippen molar-refractivity contribution >= 4 is 11.9 Å². The van der Waals surface area contributed by atoms with Gasteiger partial charge < -0.3 is 10.4 Å². The summed E-state index contributed by atoms with van der Waals surface area (Å²) < 4.78 is 0. The first kappa shape index (κ1) is 19.3. The Labute approximate surface area is 177 Å². The van der Waals surface area contributed by atoms with Crippen molar-refractivity contribution in [1.82, 2.24) is 5.32 Å². The third-order valence-electron chi connectivity index (χ3n) is 7.68. The number of carboxylic acid groups (broad SMARTS) is 1. The Balaban J connectivity index is 1.29. The number of rotatable bonds is 6. The maximum Gasteiger partial charge on any atom is 0.326 e. The minimum absolute atomic E-state index is 0.271. The predicted octanol–water partition coefficient (Wildman–Crippen LogP) is 4.58. The highest BCUT2D eigenvalue weighted by Gasteiger charge is 2.51. The van der Waals surface area contributed by atoms with Gasteiger partial charge in [0.15, 0.2) is 0 Å². The van der Waals surface area contributed by atoms with E-state index in [1.165, 1.54) is 44.1 Å². The lowest BCUT2D eigenvalue weighted by atomic mass is 9.48. The maximum absolute atomic E-state index is 12.7. The van der Waals surface area contributed by atoms with E-state index >= 15 is 0 Å². The lowest BCUT2D eigenvalue weighted by Crippen LogP contribution is -2.48. The molecule has 1 atom stereocenters. The van der Waals surface area contributed by atoms with E-state index < -0.39 is 12.0 Å². The van der Waals surface area contributed by atoms with Crippen LogP contribution in [0.15, 0.2) is 54.6 Å². The summed E-state index contributed by atoms with van der Waals surface area (Å²) in [5, 5.41) is 12.3. The smallest absolute Gasteiger partial charge is 0.326 e. The summed E-state index contributed by atoms with van der Waals surface area (Å²) in [6.07, 6.45) is 8.40. The molecule has 156 valence electrons. The van der Waals surface area contributed by atoms with Gasteiger partial charge in [-0.05, 0) is 85.0 Å². The van der Waals surface area contributed by atoms with Gasteiger partial charge in [0.1, 0.15) is 6.04 Å². The molecule has 4 fully saturated rings. The molecule has 4 nitrogen and oxygen atoms in total. The molecular formula is C26H29NO3. The third kappa shape index (κ3) is 3.64. The first-order valence-corrected chi connectivity index (χ1v) is 11.2. The van der Waals surface area contributed by atoms with Crippen molar-refractivity contribution in [3.8, 4) is 0 Å². The van der Waals surface area contributed by atoms with Gasteiger partial charge in [0.05, 0.1) is 0 Å². The third-order valence-corrected chi connectivity index (χ3v) is 7.68. The molecule has 0 saturated heterocycles. The van der Waals surface area contributed by atoms with Crippen LogP contribution in [0.4, 0.5) is 0 Å². The van der Waals surface area contributed by atoms with Crippen molar-refractivity contribution in [3.05, 3.63) is 71.3 Å². The van der Waals surface area contributed by atoms with Gasteiger partial charge >= 0.3 is 5.97 Å². The van der Waals surface area contributed by atoms with Crippen LogP contribution in [0.5, 0.6) is 0 Å². The number of nitrogens with one attached hydrogen (secondary N) is 1. The van der Waals surface area contributed by atoms with Crippen LogP contribution in [0.2, 0.25) is 0 Å². The van der Waals surface area contributed by atoms with Gasteiger partial charge in [0.25, 0.3) is 5.91 Å². The molecule has 2 aromatic rings. The van der Waals surface area contributed by atoms with E-state index in [0.717, 1.165) is 23.3 Å². The summed E-state index contributed by atoms with van der Waals surface area (Å²) in [5.41, 5.74) is 3.10. The van der Waals surface area contributed by atoms with E-state index in [0.29, 0.717) is 11.0 Å². The van der Waals surface area contributed by atoms with E-state index in [2.05, 4.69) is 17.4 Å². The highest BCUT2D eigenvalue weighted by molar-refractivity contribution is 5.96. The van der Waals surface area contributed by atoms with Crippen LogP contribution >= 0.6 is 0 Å². The van der Waals surface area contributed by atoms with Crippen LogP contribution < -0.4 is 5.32 Å². The molecule has 0 radical (unpaired) electrons. The molecule has 4 heteroatoms. The fraction of sp³-hybridized carbons (Fsp3) is 0.462. The Morgan fingerprint density at radius 2 is 1.47 bits per heavy atom. The van der Waals surface area contributed by atoms with Crippen LogP contribution in [-0.2, 0) is 16.6 Å². The molecule has 4 bridgehead atoms. The van der Waals surface area contributed by atoms with Crippen molar-refractivity contribution in [3.63, 3.8) is 0 Å². The topological polar surface area (TPSA) is 66.4 Å². The number of amides is 1. The normalized spacial score (nSPS) is 30.1. The minimum Gasteiger partial charge on any atom is -0.480 e. The summed E-state index contributed by atoms with van der Waals surface area (Å²) in [6.45, 7) is 0. The second-order valence-corrected chi connectivity index (χ2v) is 9.83. The molecule has 4 aliphatic carbocycles. The molecular weight excluding hydrogens is 374 g/mol. The van der Waals surface area contributed by atoms with Gasteiger partial charge in [-0.25, -0.2) is 4.79 Å². The first-order valence-electron chi connectivity index (χ1n) is 11.2. The molecule has 2 N–H and O–H groups in total. The Hall–Kier alpha value is -2.62. The number of carbonyl (C=O) groups excluding carboxylic acids is 1. The highest BCUT2D eigenvalue weighted by Crippen LogP contribution is 2.60. The summed E-state index contributed by atoms with van der Waals surface area (Å²) in [4.78, 5) is 24.4. The summed E-state index contributed by atoms with van der Waals surface area (Å²) in [6, 6.07) is 16.5. The first-order chi connectivity index (χ1) is 14.5. The van der Waals surface area contributed by atoms with Crippen LogP contribution in [-0.4, -0.2) is 23.0 Å². The highest BCUT2D eigenvalue weighted by atomic mass is 16.4. The zero-order chi connectivity index (χ0) is 20.7. The van der Waals surface area contributed by atoms with Crippen molar-refractivity contribution in [2.24, 2.45) is 17.8 Å². The van der Waals surface area contributed by atoms with E-state index in [1.807, 2.05) is 42.5 Å². The van der Waals surface area contributed by atoms with Crippen molar-refractivity contribution in [2.75, 3.05) is 0 Å². The van der Waals surface area contributed by atoms with E-state index in [-0.39, 0.29) is 12.3 Å². The number of carbonyl (C=O) groups is 2. The molecule has 0 aliphatic heterocycles. The second-order valence-electron chi connectivity index (χ2n) is 9.83. The van der Waals surface area contributed by atoms with Gasteiger partial charge in [-0.2, -0.15) is 0 Å². The van der Waals surface area contributed by atoms with E-state index in [9.17, 15) is 14.7 Å². The predicted molar refractivity (Wildman–Crippen MR) is 115 cm³/mol. The minimum atomic E-state index is -1.02. The molecule has 4 saturated carbocycles. The molecule has 0 spiro atoms. The quantitative estimate of drug-likeness (QED) is 0.742. The number of aliphatic carboxylic acids is 1. The molecule has 4 aliphatic rings. The Kier molecular flexibility index (Phi) is 4.88. The average molecular weight is 404 g/mol. The van der Waals surface area contributed by atoms with Gasteiger partial charge in [-0.15, -0.1) is 0 Å². The van der Waals surface area contributed by atoms with Gasteiger partial charge in [-0.1, -0.05) is 42.5 Å². The molecule has 1 amide bonds. The number of hydrogen-bond donors (Lipinski definition) is 2. The van der Waals surface area contributed by atoms with Crippen molar-refractivity contribution in [1.29, 1.82) is 0 Å². The van der Waals surface area contributed by atoms with E-state index in [4.69, 9.17) is 0 Å².